The zero-order chi connectivity index (χ0) is 18.1. The summed E-state index contributed by atoms with van der Waals surface area (Å²) in [5.74, 6) is 0.927. The fourth-order valence-electron chi connectivity index (χ4n) is 3.47. The number of anilines is 1. The Bertz CT molecular complexity index is 778. The second-order valence-corrected chi connectivity index (χ2v) is 6.58. The molecule has 1 atom stereocenters. The van der Waals surface area contributed by atoms with E-state index in [-0.39, 0.29) is 18.6 Å². The maximum absolute atomic E-state index is 12.7. The van der Waals surface area contributed by atoms with Crippen LogP contribution in [0.25, 0.3) is 0 Å². The molecule has 0 radical (unpaired) electrons. The van der Waals surface area contributed by atoms with Gasteiger partial charge in [0.1, 0.15) is 5.82 Å². The van der Waals surface area contributed by atoms with Crippen LogP contribution in [0.4, 0.5) is 5.82 Å². The van der Waals surface area contributed by atoms with Crippen molar-refractivity contribution in [2.45, 2.75) is 46.3 Å². The topological polar surface area (TPSA) is 88.2 Å². The van der Waals surface area contributed by atoms with Crippen molar-refractivity contribution in [1.29, 1.82) is 0 Å². The summed E-state index contributed by atoms with van der Waals surface area (Å²) in [4.78, 5) is 14.5. The van der Waals surface area contributed by atoms with Crippen molar-refractivity contribution in [2.75, 3.05) is 18.1 Å². The summed E-state index contributed by atoms with van der Waals surface area (Å²) >= 11 is 0. The zero-order valence-electron chi connectivity index (χ0n) is 15.3. The number of aliphatic hydroxyl groups is 1. The van der Waals surface area contributed by atoms with E-state index in [2.05, 4.69) is 15.5 Å². The van der Waals surface area contributed by atoms with Gasteiger partial charge in [0.05, 0.1) is 30.6 Å². The predicted molar refractivity (Wildman–Crippen MR) is 94.3 cm³/mol. The van der Waals surface area contributed by atoms with Crippen molar-refractivity contribution in [3.8, 4) is 0 Å². The van der Waals surface area contributed by atoms with Crippen molar-refractivity contribution in [3.05, 3.63) is 28.7 Å². The Labute approximate surface area is 147 Å². The van der Waals surface area contributed by atoms with E-state index in [1.54, 1.807) is 9.58 Å². The largest absolute Gasteiger partial charge is 0.394 e. The van der Waals surface area contributed by atoms with Crippen molar-refractivity contribution >= 4 is 11.7 Å². The molecule has 0 bridgehead atoms. The normalized spacial score (nSPS) is 17.7. The van der Waals surface area contributed by atoms with Crippen LogP contribution in [0.3, 0.4) is 0 Å². The molecule has 1 aliphatic heterocycles. The Kier molecular flexibility index (Phi) is 4.91. The minimum absolute atomic E-state index is 0.0645. The molecule has 8 nitrogen and oxygen atoms in total. The summed E-state index contributed by atoms with van der Waals surface area (Å²) in [7, 11) is 1.86. The number of aromatic nitrogens is 4. The first-order valence-electron chi connectivity index (χ1n) is 8.61. The van der Waals surface area contributed by atoms with Gasteiger partial charge in [-0.3, -0.25) is 19.1 Å². The number of aliphatic hydroxyl groups excluding tert-OH is 1. The molecule has 1 fully saturated rings. The first kappa shape index (κ1) is 17.6. The quantitative estimate of drug-likeness (QED) is 0.792. The molecule has 2 aromatic heterocycles. The second kappa shape index (κ2) is 6.97. The van der Waals surface area contributed by atoms with E-state index >= 15 is 0 Å². The second-order valence-electron chi connectivity index (χ2n) is 6.58. The molecule has 1 saturated heterocycles. The van der Waals surface area contributed by atoms with Gasteiger partial charge in [-0.1, -0.05) is 0 Å². The van der Waals surface area contributed by atoms with Crippen molar-refractivity contribution in [3.63, 3.8) is 0 Å². The van der Waals surface area contributed by atoms with Crippen LogP contribution in [0.2, 0.25) is 0 Å². The minimum Gasteiger partial charge on any atom is -0.394 e. The number of aryl methyl sites for hydroxylation is 3. The van der Waals surface area contributed by atoms with Gasteiger partial charge in [-0.15, -0.1) is 0 Å². The lowest BCUT2D eigenvalue weighted by Crippen LogP contribution is -2.38. The van der Waals surface area contributed by atoms with Crippen LogP contribution in [-0.2, 0) is 24.9 Å². The highest BCUT2D eigenvalue weighted by Gasteiger charge is 2.34. The summed E-state index contributed by atoms with van der Waals surface area (Å²) in [6.45, 7) is 7.72. The lowest BCUT2D eigenvalue weighted by molar-refractivity contribution is -0.118. The molecule has 2 N–H and O–H groups in total. The molecule has 1 amide bonds. The zero-order valence-corrected chi connectivity index (χ0v) is 15.3. The Balaban J connectivity index is 1.67. The molecule has 136 valence electrons. The molecule has 0 spiro atoms. The average Bonchev–Trinajstić information content (AvgIpc) is 3.16. The Morgan fingerprint density at radius 3 is 2.72 bits per heavy atom. The lowest BCUT2D eigenvalue weighted by atomic mass is 10.1. The minimum atomic E-state index is -0.199. The molecule has 3 rings (SSSR count). The van der Waals surface area contributed by atoms with Gasteiger partial charge in [0.15, 0.2) is 0 Å². The van der Waals surface area contributed by atoms with Crippen LogP contribution in [0.5, 0.6) is 0 Å². The van der Waals surface area contributed by atoms with Gasteiger partial charge in [-0.2, -0.15) is 10.2 Å². The highest BCUT2D eigenvalue weighted by atomic mass is 16.3. The molecule has 0 saturated carbocycles. The summed E-state index contributed by atoms with van der Waals surface area (Å²) in [6.07, 6.45) is 0.770. The number of nitrogens with one attached hydrogen (secondary N) is 1. The van der Waals surface area contributed by atoms with E-state index in [1.807, 2.05) is 38.6 Å². The van der Waals surface area contributed by atoms with Crippen LogP contribution in [0.15, 0.2) is 6.07 Å². The molecule has 1 unspecified atom stereocenters. The van der Waals surface area contributed by atoms with E-state index in [9.17, 15) is 4.79 Å². The monoisotopic (exact) mass is 346 g/mol. The number of carbonyl (C=O) groups is 1. The van der Waals surface area contributed by atoms with Gasteiger partial charge in [-0.25, -0.2) is 0 Å². The van der Waals surface area contributed by atoms with Gasteiger partial charge in [-0.05, 0) is 27.2 Å². The van der Waals surface area contributed by atoms with Gasteiger partial charge >= 0.3 is 0 Å². The van der Waals surface area contributed by atoms with E-state index in [4.69, 9.17) is 5.11 Å². The van der Waals surface area contributed by atoms with Crippen molar-refractivity contribution in [2.24, 2.45) is 7.05 Å². The Morgan fingerprint density at radius 1 is 1.32 bits per heavy atom. The Hall–Kier alpha value is -2.19. The number of amides is 1. The third-order valence-electron chi connectivity index (χ3n) is 4.83. The number of carbonyl (C=O) groups excluding carboxylic acids is 1. The number of hydrogen-bond donors (Lipinski definition) is 2. The molecular formula is C17H26N6O2. The van der Waals surface area contributed by atoms with Gasteiger partial charge in [0.25, 0.3) is 0 Å². The first-order valence-corrected chi connectivity index (χ1v) is 8.61. The van der Waals surface area contributed by atoms with Crippen LogP contribution in [0, 0.1) is 20.8 Å². The van der Waals surface area contributed by atoms with Crippen molar-refractivity contribution < 1.29 is 9.90 Å². The number of rotatable bonds is 6. The molecule has 25 heavy (non-hydrogen) atoms. The number of nitrogens with zero attached hydrogens (tertiary/aromatic N) is 5. The van der Waals surface area contributed by atoms with E-state index in [0.29, 0.717) is 19.6 Å². The molecule has 1 aliphatic rings. The highest BCUT2D eigenvalue weighted by molar-refractivity contribution is 5.98. The fourth-order valence-corrected chi connectivity index (χ4v) is 3.47. The third kappa shape index (κ3) is 3.32. The van der Waals surface area contributed by atoms with E-state index in [1.165, 1.54) is 0 Å². The SMILES string of the molecule is Cc1cc(N2CCC(NCc3c(C)nn(CCO)c3C)C2=O)n(C)n1. The molecule has 8 heteroatoms. The third-order valence-corrected chi connectivity index (χ3v) is 4.83. The standard InChI is InChI=1S/C17H26N6O2/c1-11-9-16(21(4)19-11)22-6-5-15(17(22)25)18-10-14-12(2)20-23(7-8-24)13(14)3/h9,15,18,24H,5-8,10H2,1-4H3. The summed E-state index contributed by atoms with van der Waals surface area (Å²) in [5, 5.41) is 21.3. The van der Waals surface area contributed by atoms with E-state index in [0.717, 1.165) is 34.9 Å². The molecular weight excluding hydrogens is 320 g/mol. The first-order chi connectivity index (χ1) is 11.9. The summed E-state index contributed by atoms with van der Waals surface area (Å²) < 4.78 is 3.57. The molecule has 2 aromatic rings. The van der Waals surface area contributed by atoms with E-state index < -0.39 is 0 Å². The predicted octanol–water partition coefficient (Wildman–Crippen LogP) is 0.429. The maximum Gasteiger partial charge on any atom is 0.245 e. The summed E-state index contributed by atoms with van der Waals surface area (Å²) in [5.41, 5.74) is 3.96. The highest BCUT2D eigenvalue weighted by Crippen LogP contribution is 2.22. The van der Waals surface area contributed by atoms with Gasteiger partial charge in [0.2, 0.25) is 5.91 Å². The maximum atomic E-state index is 12.7. The van der Waals surface area contributed by atoms with Gasteiger partial charge < -0.3 is 10.4 Å². The van der Waals surface area contributed by atoms with Crippen LogP contribution in [-0.4, -0.2) is 49.8 Å². The average molecular weight is 346 g/mol. The molecule has 0 aliphatic carbocycles. The Morgan fingerprint density at radius 2 is 2.08 bits per heavy atom. The fraction of sp³-hybridized carbons (Fsp3) is 0.588. The van der Waals surface area contributed by atoms with Crippen molar-refractivity contribution in [1.82, 2.24) is 24.9 Å². The van der Waals surface area contributed by atoms with Crippen LogP contribution >= 0.6 is 0 Å². The smallest absolute Gasteiger partial charge is 0.245 e. The van der Waals surface area contributed by atoms with Crippen LogP contribution in [0.1, 0.15) is 29.1 Å². The van der Waals surface area contributed by atoms with Gasteiger partial charge in [0, 0.05) is 37.5 Å². The molecule has 0 aromatic carbocycles. The van der Waals surface area contributed by atoms with Crippen LogP contribution < -0.4 is 10.2 Å². The lowest BCUT2D eigenvalue weighted by Gasteiger charge is -2.17. The summed E-state index contributed by atoms with van der Waals surface area (Å²) in [6, 6.07) is 1.74. The number of hydrogen-bond acceptors (Lipinski definition) is 5. The molecule has 3 heterocycles.